The molecule has 16 heavy (non-hydrogen) atoms. The van der Waals surface area contributed by atoms with Crippen LogP contribution in [0.15, 0.2) is 15.9 Å². The van der Waals surface area contributed by atoms with Gasteiger partial charge >= 0.3 is 0 Å². The van der Waals surface area contributed by atoms with Gasteiger partial charge in [0.05, 0.1) is 3.79 Å². The third kappa shape index (κ3) is 5.43. The van der Waals surface area contributed by atoms with Crippen molar-refractivity contribution in [2.45, 2.75) is 32.2 Å². The molecule has 0 aliphatic carbocycles. The third-order valence-corrected chi connectivity index (χ3v) is 4.18. The maximum Gasteiger partial charge on any atom is 0.0701 e. The number of likely N-dealkylation sites (N-methyl/N-ethyl adjacent to an activating group) is 1. The van der Waals surface area contributed by atoms with Crippen LogP contribution in [-0.4, -0.2) is 26.3 Å². The van der Waals surface area contributed by atoms with E-state index in [1.807, 2.05) is 25.3 Å². The predicted molar refractivity (Wildman–Crippen MR) is 74.3 cm³/mol. The SMILES string of the molecule is CCOCCCC(Cc1ccc(Br)s1)NC. The highest BCUT2D eigenvalue weighted by molar-refractivity contribution is 9.11. The van der Waals surface area contributed by atoms with Crippen LogP contribution in [0.4, 0.5) is 0 Å². The Hall–Kier alpha value is 0.1000. The van der Waals surface area contributed by atoms with Gasteiger partial charge < -0.3 is 10.1 Å². The highest BCUT2D eigenvalue weighted by atomic mass is 79.9. The van der Waals surface area contributed by atoms with Crippen LogP contribution in [0.5, 0.6) is 0 Å². The molecule has 0 amide bonds. The fourth-order valence-electron chi connectivity index (χ4n) is 1.63. The minimum Gasteiger partial charge on any atom is -0.382 e. The van der Waals surface area contributed by atoms with E-state index in [9.17, 15) is 0 Å². The molecule has 0 saturated heterocycles. The predicted octanol–water partition coefficient (Wildman–Crippen LogP) is 3.46. The molecule has 0 fully saturated rings. The molecule has 1 aromatic rings. The summed E-state index contributed by atoms with van der Waals surface area (Å²) in [6, 6.07) is 4.88. The van der Waals surface area contributed by atoms with E-state index < -0.39 is 0 Å². The maximum absolute atomic E-state index is 5.35. The Balaban J connectivity index is 2.26. The zero-order valence-electron chi connectivity index (χ0n) is 9.96. The van der Waals surface area contributed by atoms with Gasteiger partial charge in [0.15, 0.2) is 0 Å². The van der Waals surface area contributed by atoms with Crippen molar-refractivity contribution < 1.29 is 4.74 Å². The van der Waals surface area contributed by atoms with Crippen molar-refractivity contribution in [3.05, 3.63) is 20.8 Å². The summed E-state index contributed by atoms with van der Waals surface area (Å²) < 4.78 is 6.56. The highest BCUT2D eigenvalue weighted by Gasteiger charge is 2.08. The molecule has 2 nitrogen and oxygen atoms in total. The monoisotopic (exact) mass is 305 g/mol. The van der Waals surface area contributed by atoms with Crippen molar-refractivity contribution in [3.8, 4) is 0 Å². The van der Waals surface area contributed by atoms with Crippen LogP contribution in [0.3, 0.4) is 0 Å². The molecule has 0 aromatic carbocycles. The summed E-state index contributed by atoms with van der Waals surface area (Å²) in [6.07, 6.45) is 3.41. The molecule has 0 saturated carbocycles. The summed E-state index contributed by atoms with van der Waals surface area (Å²) in [5, 5.41) is 3.37. The van der Waals surface area contributed by atoms with Crippen LogP contribution < -0.4 is 5.32 Å². The topological polar surface area (TPSA) is 21.3 Å². The van der Waals surface area contributed by atoms with E-state index in [4.69, 9.17) is 4.74 Å². The lowest BCUT2D eigenvalue weighted by atomic mass is 10.1. The van der Waals surface area contributed by atoms with Crippen LogP contribution in [0.25, 0.3) is 0 Å². The van der Waals surface area contributed by atoms with Crippen molar-refractivity contribution >= 4 is 27.3 Å². The standard InChI is InChI=1S/C12H20BrNOS/c1-3-15-8-4-5-10(14-2)9-11-6-7-12(13)16-11/h6-7,10,14H,3-5,8-9H2,1-2H3. The maximum atomic E-state index is 5.35. The summed E-state index contributed by atoms with van der Waals surface area (Å²) in [6.45, 7) is 3.74. The van der Waals surface area contributed by atoms with Gasteiger partial charge in [-0.15, -0.1) is 11.3 Å². The second-order valence-corrected chi connectivity index (χ2v) is 6.28. The Morgan fingerprint density at radius 1 is 1.50 bits per heavy atom. The molecule has 1 rings (SSSR count). The first-order valence-electron chi connectivity index (χ1n) is 5.75. The fourth-order valence-corrected chi connectivity index (χ4v) is 3.19. The van der Waals surface area contributed by atoms with E-state index in [0.717, 1.165) is 26.1 Å². The molecule has 0 bridgehead atoms. The number of thiophene rings is 1. The quantitative estimate of drug-likeness (QED) is 0.743. The number of nitrogens with one attached hydrogen (secondary N) is 1. The number of rotatable bonds is 8. The van der Waals surface area contributed by atoms with Gasteiger partial charge in [-0.3, -0.25) is 0 Å². The van der Waals surface area contributed by atoms with Gasteiger partial charge in [0, 0.05) is 24.1 Å². The molecule has 1 N–H and O–H groups in total. The van der Waals surface area contributed by atoms with Crippen LogP contribution in [-0.2, 0) is 11.2 Å². The Kier molecular flexibility index (Phi) is 7.28. The molecule has 0 spiro atoms. The van der Waals surface area contributed by atoms with Crippen LogP contribution in [0.2, 0.25) is 0 Å². The summed E-state index contributed by atoms with van der Waals surface area (Å²) in [5.74, 6) is 0. The molecular weight excluding hydrogens is 286 g/mol. The zero-order chi connectivity index (χ0) is 11.8. The highest BCUT2D eigenvalue weighted by Crippen LogP contribution is 2.23. The van der Waals surface area contributed by atoms with E-state index in [1.165, 1.54) is 15.1 Å². The molecular formula is C12H20BrNOS. The van der Waals surface area contributed by atoms with Crippen molar-refractivity contribution in [3.63, 3.8) is 0 Å². The van der Waals surface area contributed by atoms with Gasteiger partial charge in [-0.2, -0.15) is 0 Å². The van der Waals surface area contributed by atoms with Gasteiger partial charge in [0.2, 0.25) is 0 Å². The minimum atomic E-state index is 0.561. The minimum absolute atomic E-state index is 0.561. The number of halogens is 1. The van der Waals surface area contributed by atoms with Crippen molar-refractivity contribution in [1.82, 2.24) is 5.32 Å². The van der Waals surface area contributed by atoms with Gasteiger partial charge in [0.1, 0.15) is 0 Å². The average molecular weight is 306 g/mol. The Labute approximate surface area is 111 Å². The van der Waals surface area contributed by atoms with E-state index in [1.54, 1.807) is 0 Å². The molecule has 0 aliphatic rings. The average Bonchev–Trinajstić information content (AvgIpc) is 2.68. The first-order valence-corrected chi connectivity index (χ1v) is 7.36. The molecule has 0 aliphatic heterocycles. The molecule has 0 radical (unpaired) electrons. The summed E-state index contributed by atoms with van der Waals surface area (Å²) in [4.78, 5) is 1.43. The first-order chi connectivity index (χ1) is 7.76. The van der Waals surface area contributed by atoms with E-state index in [-0.39, 0.29) is 0 Å². The van der Waals surface area contributed by atoms with Crippen LogP contribution >= 0.6 is 27.3 Å². The smallest absolute Gasteiger partial charge is 0.0701 e. The molecule has 1 atom stereocenters. The van der Waals surface area contributed by atoms with E-state index >= 15 is 0 Å². The Bertz CT molecular complexity index is 290. The number of hydrogen-bond donors (Lipinski definition) is 1. The Morgan fingerprint density at radius 3 is 2.88 bits per heavy atom. The number of ether oxygens (including phenoxy) is 1. The summed E-state index contributed by atoms with van der Waals surface area (Å²) in [7, 11) is 2.04. The zero-order valence-corrected chi connectivity index (χ0v) is 12.4. The van der Waals surface area contributed by atoms with Crippen molar-refractivity contribution in [2.24, 2.45) is 0 Å². The summed E-state index contributed by atoms with van der Waals surface area (Å²) in [5.41, 5.74) is 0. The normalized spacial score (nSPS) is 12.9. The van der Waals surface area contributed by atoms with E-state index in [0.29, 0.717) is 6.04 Å². The largest absolute Gasteiger partial charge is 0.382 e. The van der Waals surface area contributed by atoms with Crippen LogP contribution in [0, 0.1) is 0 Å². The first kappa shape index (κ1) is 14.2. The molecule has 1 aromatic heterocycles. The molecule has 1 unspecified atom stereocenters. The van der Waals surface area contributed by atoms with Gasteiger partial charge in [-0.1, -0.05) is 0 Å². The Morgan fingerprint density at radius 2 is 2.31 bits per heavy atom. The molecule has 1 heterocycles. The second kappa shape index (κ2) is 8.23. The van der Waals surface area contributed by atoms with Gasteiger partial charge in [-0.25, -0.2) is 0 Å². The van der Waals surface area contributed by atoms with Crippen molar-refractivity contribution in [1.29, 1.82) is 0 Å². The lowest BCUT2D eigenvalue weighted by molar-refractivity contribution is 0.141. The second-order valence-electron chi connectivity index (χ2n) is 3.73. The lowest BCUT2D eigenvalue weighted by Gasteiger charge is -2.14. The van der Waals surface area contributed by atoms with Gasteiger partial charge in [0.25, 0.3) is 0 Å². The van der Waals surface area contributed by atoms with Crippen LogP contribution in [0.1, 0.15) is 24.6 Å². The lowest BCUT2D eigenvalue weighted by Crippen LogP contribution is -2.27. The molecule has 4 heteroatoms. The van der Waals surface area contributed by atoms with E-state index in [2.05, 4.69) is 33.4 Å². The third-order valence-electron chi connectivity index (χ3n) is 2.53. The van der Waals surface area contributed by atoms with Gasteiger partial charge in [-0.05, 0) is 61.3 Å². The summed E-state index contributed by atoms with van der Waals surface area (Å²) >= 11 is 5.32. The fraction of sp³-hybridized carbons (Fsp3) is 0.667. The van der Waals surface area contributed by atoms with Crippen molar-refractivity contribution in [2.75, 3.05) is 20.3 Å². The molecule has 92 valence electrons. The number of hydrogen-bond acceptors (Lipinski definition) is 3.